The summed E-state index contributed by atoms with van der Waals surface area (Å²) in [7, 11) is 3.10. The predicted molar refractivity (Wildman–Crippen MR) is 117 cm³/mol. The fourth-order valence-electron chi connectivity index (χ4n) is 3.66. The molecule has 1 aliphatic carbocycles. The van der Waals surface area contributed by atoms with Gasteiger partial charge in [0, 0.05) is 17.3 Å². The number of thioether (sulfide) groups is 1. The summed E-state index contributed by atoms with van der Waals surface area (Å²) in [5.74, 6) is 1.78. The van der Waals surface area contributed by atoms with Gasteiger partial charge < -0.3 is 19.2 Å². The Morgan fingerprint density at radius 2 is 2.13 bits per heavy atom. The number of anilines is 1. The minimum Gasteiger partial charge on any atom is -0.497 e. The monoisotopic (exact) mass is 441 g/mol. The lowest BCUT2D eigenvalue weighted by Crippen LogP contribution is -2.28. The number of carbonyl (C=O) groups is 1. The third-order valence-corrected chi connectivity index (χ3v) is 6.13. The largest absolute Gasteiger partial charge is 0.497 e. The van der Waals surface area contributed by atoms with Crippen LogP contribution in [0, 0.1) is 0 Å². The number of aromatic nitrogens is 2. The summed E-state index contributed by atoms with van der Waals surface area (Å²) < 4.78 is 17.6. The van der Waals surface area contributed by atoms with E-state index in [1.807, 2.05) is 6.07 Å². The highest BCUT2D eigenvalue weighted by molar-refractivity contribution is 8.00. The molecule has 0 fully saturated rings. The molecule has 2 heterocycles. The first-order valence-corrected chi connectivity index (χ1v) is 10.9. The van der Waals surface area contributed by atoms with E-state index in [-0.39, 0.29) is 17.3 Å². The van der Waals surface area contributed by atoms with Gasteiger partial charge in [0.05, 0.1) is 38.5 Å². The third kappa shape index (κ3) is 4.61. The van der Waals surface area contributed by atoms with Crippen LogP contribution < -0.4 is 20.5 Å². The van der Waals surface area contributed by atoms with Gasteiger partial charge >= 0.3 is 5.69 Å². The van der Waals surface area contributed by atoms with Crippen molar-refractivity contribution in [2.75, 3.05) is 25.3 Å². The maximum absolute atomic E-state index is 12.7. The molecule has 1 aliphatic rings. The second-order valence-corrected chi connectivity index (χ2v) is 8.01. The topological polar surface area (TPSA) is 95.6 Å². The smallest absolute Gasteiger partial charge is 0.349 e. The van der Waals surface area contributed by atoms with Gasteiger partial charge in [-0.1, -0.05) is 11.8 Å². The standard InChI is InChI=1S/C22H23N3O5S/c1-28-14-8-9-19(29-2)17(11-14)23-20(26)13-31-21-16-6-3-7-18(16)25(22(27)24-21)12-15-5-4-10-30-15/h4-5,8-11H,3,6-7,12-13H2,1-2H3,(H,23,26). The van der Waals surface area contributed by atoms with E-state index in [2.05, 4.69) is 10.3 Å². The molecule has 0 saturated carbocycles. The van der Waals surface area contributed by atoms with Gasteiger partial charge in [-0.05, 0) is 43.5 Å². The number of nitrogens with one attached hydrogen (secondary N) is 1. The number of amides is 1. The number of carbonyl (C=O) groups excluding carboxylic acids is 1. The van der Waals surface area contributed by atoms with Gasteiger partial charge in [0.1, 0.15) is 22.3 Å². The molecule has 0 unspecified atom stereocenters. The Hall–Kier alpha value is -3.20. The van der Waals surface area contributed by atoms with Crippen molar-refractivity contribution in [3.8, 4) is 11.5 Å². The van der Waals surface area contributed by atoms with E-state index < -0.39 is 0 Å². The lowest BCUT2D eigenvalue weighted by molar-refractivity contribution is -0.113. The number of hydrogen-bond acceptors (Lipinski definition) is 7. The number of hydrogen-bond donors (Lipinski definition) is 1. The predicted octanol–water partition coefficient (Wildman–Crippen LogP) is 3.12. The Balaban J connectivity index is 1.49. The van der Waals surface area contributed by atoms with E-state index in [1.165, 1.54) is 18.9 Å². The molecule has 1 aromatic carbocycles. The second kappa shape index (κ2) is 9.30. The van der Waals surface area contributed by atoms with E-state index in [0.717, 1.165) is 30.5 Å². The average Bonchev–Trinajstić information content (AvgIpc) is 3.46. The highest BCUT2D eigenvalue weighted by Crippen LogP contribution is 2.31. The Kier molecular flexibility index (Phi) is 6.31. The summed E-state index contributed by atoms with van der Waals surface area (Å²) in [4.78, 5) is 29.5. The molecule has 0 radical (unpaired) electrons. The van der Waals surface area contributed by atoms with Gasteiger partial charge in [-0.25, -0.2) is 4.79 Å². The molecule has 0 atom stereocenters. The minimum atomic E-state index is -0.325. The van der Waals surface area contributed by atoms with Gasteiger partial charge in [0.2, 0.25) is 5.91 Å². The first-order chi connectivity index (χ1) is 15.1. The van der Waals surface area contributed by atoms with E-state index in [4.69, 9.17) is 13.9 Å². The molecule has 0 saturated heterocycles. The van der Waals surface area contributed by atoms with Crippen molar-refractivity contribution in [1.29, 1.82) is 0 Å². The zero-order valence-electron chi connectivity index (χ0n) is 17.3. The number of benzene rings is 1. The van der Waals surface area contributed by atoms with Crippen LogP contribution in [0.25, 0.3) is 0 Å². The molecule has 4 rings (SSSR count). The van der Waals surface area contributed by atoms with Crippen LogP contribution in [0.5, 0.6) is 11.5 Å². The lowest BCUT2D eigenvalue weighted by Gasteiger charge is -2.14. The van der Waals surface area contributed by atoms with Gasteiger partial charge in [-0.2, -0.15) is 4.98 Å². The SMILES string of the molecule is COc1ccc(OC)c(NC(=O)CSc2nc(=O)n(Cc3ccco3)c3c2CCC3)c1. The molecule has 2 aromatic heterocycles. The Bertz CT molecular complexity index is 1140. The molecule has 3 aromatic rings. The maximum atomic E-state index is 12.7. The van der Waals surface area contributed by atoms with Crippen LogP contribution in [0.2, 0.25) is 0 Å². The van der Waals surface area contributed by atoms with Crippen molar-refractivity contribution in [2.45, 2.75) is 30.8 Å². The summed E-state index contributed by atoms with van der Waals surface area (Å²) in [5.41, 5.74) is 2.23. The van der Waals surface area contributed by atoms with Crippen LogP contribution in [0.3, 0.4) is 0 Å². The molecule has 0 bridgehead atoms. The molecule has 0 aliphatic heterocycles. The number of fused-ring (bicyclic) bond motifs is 1. The van der Waals surface area contributed by atoms with Crippen LogP contribution in [-0.2, 0) is 24.2 Å². The fraction of sp³-hybridized carbons (Fsp3) is 0.318. The summed E-state index contributed by atoms with van der Waals surface area (Å²) in [6.07, 6.45) is 4.20. The number of methoxy groups -OCH3 is 2. The molecule has 1 amide bonds. The summed E-state index contributed by atoms with van der Waals surface area (Å²) in [6, 6.07) is 8.83. The first-order valence-electron chi connectivity index (χ1n) is 9.88. The Morgan fingerprint density at radius 1 is 1.26 bits per heavy atom. The van der Waals surface area contributed by atoms with Crippen molar-refractivity contribution in [3.05, 3.63) is 64.1 Å². The van der Waals surface area contributed by atoms with Gasteiger partial charge in [-0.15, -0.1) is 0 Å². The van der Waals surface area contributed by atoms with Gasteiger partial charge in [0.25, 0.3) is 0 Å². The highest BCUT2D eigenvalue weighted by atomic mass is 32.2. The van der Waals surface area contributed by atoms with Crippen molar-refractivity contribution in [1.82, 2.24) is 9.55 Å². The summed E-state index contributed by atoms with van der Waals surface area (Å²) in [6.45, 7) is 0.363. The Morgan fingerprint density at radius 3 is 2.87 bits per heavy atom. The van der Waals surface area contributed by atoms with Crippen molar-refractivity contribution in [2.24, 2.45) is 0 Å². The van der Waals surface area contributed by atoms with Crippen molar-refractivity contribution >= 4 is 23.4 Å². The van der Waals surface area contributed by atoms with Crippen molar-refractivity contribution < 1.29 is 18.7 Å². The molecule has 0 spiro atoms. The molecule has 162 valence electrons. The second-order valence-electron chi connectivity index (χ2n) is 7.05. The molecular formula is C22H23N3O5S. The van der Waals surface area contributed by atoms with E-state index in [0.29, 0.717) is 34.5 Å². The zero-order chi connectivity index (χ0) is 21.8. The number of rotatable bonds is 8. The highest BCUT2D eigenvalue weighted by Gasteiger charge is 2.23. The fourth-order valence-corrected chi connectivity index (χ4v) is 4.54. The van der Waals surface area contributed by atoms with Gasteiger partial charge in [-0.3, -0.25) is 9.36 Å². The Labute approximate surface area is 183 Å². The van der Waals surface area contributed by atoms with Crippen LogP contribution in [0.1, 0.15) is 23.4 Å². The quantitative estimate of drug-likeness (QED) is 0.424. The van der Waals surface area contributed by atoms with Crippen LogP contribution in [0.4, 0.5) is 5.69 Å². The number of nitrogens with zero attached hydrogens (tertiary/aromatic N) is 2. The molecule has 31 heavy (non-hydrogen) atoms. The number of ether oxygens (including phenoxy) is 2. The maximum Gasteiger partial charge on any atom is 0.349 e. The summed E-state index contributed by atoms with van der Waals surface area (Å²) >= 11 is 1.28. The minimum absolute atomic E-state index is 0.126. The molecule has 1 N–H and O–H groups in total. The lowest BCUT2D eigenvalue weighted by atomic mass is 10.2. The van der Waals surface area contributed by atoms with Crippen LogP contribution in [0.15, 0.2) is 50.8 Å². The van der Waals surface area contributed by atoms with Crippen LogP contribution in [-0.4, -0.2) is 35.4 Å². The molecule has 9 heteroatoms. The first kappa shape index (κ1) is 21.0. The van der Waals surface area contributed by atoms with E-state index >= 15 is 0 Å². The van der Waals surface area contributed by atoms with Crippen LogP contribution >= 0.6 is 11.8 Å². The average molecular weight is 442 g/mol. The van der Waals surface area contributed by atoms with Crippen molar-refractivity contribution in [3.63, 3.8) is 0 Å². The molecule has 8 nitrogen and oxygen atoms in total. The van der Waals surface area contributed by atoms with E-state index in [1.54, 1.807) is 42.2 Å². The summed E-state index contributed by atoms with van der Waals surface area (Å²) in [5, 5.41) is 3.47. The zero-order valence-corrected chi connectivity index (χ0v) is 18.2. The normalized spacial score (nSPS) is 12.5. The van der Waals surface area contributed by atoms with E-state index in [9.17, 15) is 9.59 Å². The number of furan rings is 1. The van der Waals surface area contributed by atoms with Gasteiger partial charge in [0.15, 0.2) is 0 Å². The molecular weight excluding hydrogens is 418 g/mol. The third-order valence-electron chi connectivity index (χ3n) is 5.12.